The highest BCUT2D eigenvalue weighted by Gasteiger charge is 2.34. The summed E-state index contributed by atoms with van der Waals surface area (Å²) in [5, 5.41) is 0. The Morgan fingerprint density at radius 3 is 2.58 bits per heavy atom. The van der Waals surface area contributed by atoms with E-state index in [2.05, 4.69) is 11.8 Å². The van der Waals surface area contributed by atoms with Gasteiger partial charge in [0.15, 0.2) is 0 Å². The molecule has 0 saturated carbocycles. The molecular formula is C15H28N2O2. The van der Waals surface area contributed by atoms with Crippen LogP contribution in [0.5, 0.6) is 0 Å². The van der Waals surface area contributed by atoms with Crippen molar-refractivity contribution in [2.75, 3.05) is 26.2 Å². The SMILES string of the molecule is CC1CCN(CC2CCCN2C(=O)OC(C)(C)C)C1. The van der Waals surface area contributed by atoms with E-state index in [1.165, 1.54) is 19.5 Å². The first kappa shape index (κ1) is 14.6. The molecule has 0 bridgehead atoms. The summed E-state index contributed by atoms with van der Waals surface area (Å²) in [6, 6.07) is 0.347. The molecule has 1 amide bonds. The Morgan fingerprint density at radius 1 is 1.26 bits per heavy atom. The molecule has 19 heavy (non-hydrogen) atoms. The molecule has 0 spiro atoms. The lowest BCUT2D eigenvalue weighted by atomic mass is 10.2. The predicted molar refractivity (Wildman–Crippen MR) is 76.2 cm³/mol. The number of hydrogen-bond donors (Lipinski definition) is 0. The van der Waals surface area contributed by atoms with E-state index in [0.717, 1.165) is 31.8 Å². The first-order valence-corrected chi connectivity index (χ1v) is 7.57. The molecule has 4 heteroatoms. The van der Waals surface area contributed by atoms with Crippen molar-refractivity contribution in [1.82, 2.24) is 9.80 Å². The topological polar surface area (TPSA) is 32.8 Å². The first-order valence-electron chi connectivity index (χ1n) is 7.57. The normalized spacial score (nSPS) is 28.9. The molecule has 4 nitrogen and oxygen atoms in total. The molecule has 2 heterocycles. The Bertz CT molecular complexity index is 325. The van der Waals surface area contributed by atoms with Gasteiger partial charge < -0.3 is 14.5 Å². The van der Waals surface area contributed by atoms with E-state index in [0.29, 0.717) is 6.04 Å². The van der Waals surface area contributed by atoms with Gasteiger partial charge in [0.2, 0.25) is 0 Å². The van der Waals surface area contributed by atoms with E-state index in [-0.39, 0.29) is 6.09 Å². The summed E-state index contributed by atoms with van der Waals surface area (Å²) < 4.78 is 5.51. The van der Waals surface area contributed by atoms with Crippen LogP contribution in [0.1, 0.15) is 47.0 Å². The average molecular weight is 268 g/mol. The van der Waals surface area contributed by atoms with Crippen LogP contribution in [-0.4, -0.2) is 53.7 Å². The van der Waals surface area contributed by atoms with E-state index < -0.39 is 5.60 Å². The summed E-state index contributed by atoms with van der Waals surface area (Å²) in [6.07, 6.45) is 3.37. The molecule has 2 aliphatic rings. The highest BCUT2D eigenvalue weighted by atomic mass is 16.6. The van der Waals surface area contributed by atoms with Gasteiger partial charge >= 0.3 is 6.09 Å². The van der Waals surface area contributed by atoms with Crippen LogP contribution in [0, 0.1) is 5.92 Å². The highest BCUT2D eigenvalue weighted by molar-refractivity contribution is 5.69. The van der Waals surface area contributed by atoms with Crippen molar-refractivity contribution in [2.24, 2.45) is 5.92 Å². The molecule has 0 aromatic carbocycles. The summed E-state index contributed by atoms with van der Waals surface area (Å²) in [6.45, 7) is 12.3. The van der Waals surface area contributed by atoms with Crippen LogP contribution in [0.25, 0.3) is 0 Å². The summed E-state index contributed by atoms with van der Waals surface area (Å²) in [5.74, 6) is 0.802. The zero-order valence-corrected chi connectivity index (χ0v) is 12.8. The van der Waals surface area contributed by atoms with Gasteiger partial charge in [-0.25, -0.2) is 4.79 Å². The largest absolute Gasteiger partial charge is 0.444 e. The van der Waals surface area contributed by atoms with Crippen LogP contribution in [0.2, 0.25) is 0 Å². The molecule has 0 aromatic heterocycles. The maximum absolute atomic E-state index is 12.2. The third-order valence-corrected chi connectivity index (χ3v) is 3.98. The van der Waals surface area contributed by atoms with E-state index in [9.17, 15) is 4.79 Å². The number of nitrogens with zero attached hydrogens (tertiary/aromatic N) is 2. The molecule has 2 atom stereocenters. The second kappa shape index (κ2) is 5.70. The minimum Gasteiger partial charge on any atom is -0.444 e. The fraction of sp³-hybridized carbons (Fsp3) is 0.933. The zero-order valence-electron chi connectivity index (χ0n) is 12.8. The number of carbonyl (C=O) groups is 1. The van der Waals surface area contributed by atoms with Crippen LogP contribution in [0.15, 0.2) is 0 Å². The number of hydrogen-bond acceptors (Lipinski definition) is 3. The van der Waals surface area contributed by atoms with E-state index >= 15 is 0 Å². The molecule has 2 saturated heterocycles. The van der Waals surface area contributed by atoms with Crippen LogP contribution < -0.4 is 0 Å². The zero-order chi connectivity index (χ0) is 14.0. The number of ether oxygens (including phenoxy) is 1. The Balaban J connectivity index is 1.88. The van der Waals surface area contributed by atoms with Crippen molar-refractivity contribution in [3.8, 4) is 0 Å². The van der Waals surface area contributed by atoms with Crippen molar-refractivity contribution < 1.29 is 9.53 Å². The fourth-order valence-corrected chi connectivity index (χ4v) is 3.08. The molecule has 2 rings (SSSR count). The molecule has 0 radical (unpaired) electrons. The van der Waals surface area contributed by atoms with E-state index in [1.54, 1.807) is 0 Å². The third-order valence-electron chi connectivity index (χ3n) is 3.98. The number of amides is 1. The van der Waals surface area contributed by atoms with Gasteiger partial charge in [-0.05, 0) is 52.5 Å². The number of likely N-dealkylation sites (tertiary alicyclic amines) is 2. The molecule has 2 unspecified atom stereocenters. The first-order chi connectivity index (χ1) is 8.85. The van der Waals surface area contributed by atoms with E-state index in [4.69, 9.17) is 4.74 Å². The van der Waals surface area contributed by atoms with Gasteiger partial charge in [0.05, 0.1) is 0 Å². The van der Waals surface area contributed by atoms with Crippen molar-refractivity contribution >= 4 is 6.09 Å². The Kier molecular flexibility index (Phi) is 4.39. The molecule has 2 aliphatic heterocycles. The van der Waals surface area contributed by atoms with Gasteiger partial charge in [-0.3, -0.25) is 0 Å². The van der Waals surface area contributed by atoms with E-state index in [1.807, 2.05) is 25.7 Å². The Hall–Kier alpha value is -0.770. The molecule has 0 aromatic rings. The van der Waals surface area contributed by atoms with Crippen LogP contribution >= 0.6 is 0 Å². The van der Waals surface area contributed by atoms with Crippen LogP contribution in [-0.2, 0) is 4.74 Å². The Morgan fingerprint density at radius 2 is 2.00 bits per heavy atom. The summed E-state index contributed by atoms with van der Waals surface area (Å²) in [5.41, 5.74) is -0.396. The molecular weight excluding hydrogens is 240 g/mol. The monoisotopic (exact) mass is 268 g/mol. The maximum Gasteiger partial charge on any atom is 0.410 e. The molecule has 0 aliphatic carbocycles. The summed E-state index contributed by atoms with van der Waals surface area (Å²) >= 11 is 0. The van der Waals surface area contributed by atoms with Crippen molar-refractivity contribution in [3.63, 3.8) is 0 Å². The lowest BCUT2D eigenvalue weighted by molar-refractivity contribution is 0.0202. The molecule has 0 N–H and O–H groups in total. The minimum absolute atomic E-state index is 0.137. The van der Waals surface area contributed by atoms with Gasteiger partial charge in [0, 0.05) is 25.7 Å². The van der Waals surface area contributed by atoms with Crippen LogP contribution in [0.3, 0.4) is 0 Å². The Labute approximate surface area is 117 Å². The fourth-order valence-electron chi connectivity index (χ4n) is 3.08. The summed E-state index contributed by atoms with van der Waals surface area (Å²) in [4.78, 5) is 16.6. The van der Waals surface area contributed by atoms with Gasteiger partial charge in [0.25, 0.3) is 0 Å². The van der Waals surface area contributed by atoms with Crippen molar-refractivity contribution in [1.29, 1.82) is 0 Å². The van der Waals surface area contributed by atoms with Gasteiger partial charge in [-0.1, -0.05) is 6.92 Å². The second-order valence-electron chi connectivity index (χ2n) is 7.12. The number of rotatable bonds is 2. The summed E-state index contributed by atoms with van der Waals surface area (Å²) in [7, 11) is 0. The van der Waals surface area contributed by atoms with Crippen molar-refractivity contribution in [3.05, 3.63) is 0 Å². The smallest absolute Gasteiger partial charge is 0.410 e. The second-order valence-corrected chi connectivity index (χ2v) is 7.12. The average Bonchev–Trinajstić information content (AvgIpc) is 2.86. The van der Waals surface area contributed by atoms with Crippen LogP contribution in [0.4, 0.5) is 4.79 Å². The quantitative estimate of drug-likeness (QED) is 0.772. The van der Waals surface area contributed by atoms with Gasteiger partial charge in [-0.15, -0.1) is 0 Å². The maximum atomic E-state index is 12.2. The van der Waals surface area contributed by atoms with Crippen molar-refractivity contribution in [2.45, 2.75) is 58.6 Å². The lowest BCUT2D eigenvalue weighted by Crippen LogP contribution is -2.44. The van der Waals surface area contributed by atoms with Gasteiger partial charge in [0.1, 0.15) is 5.60 Å². The number of carbonyl (C=O) groups excluding carboxylic acids is 1. The standard InChI is InChI=1S/C15H28N2O2/c1-12-7-9-16(10-12)11-13-6-5-8-17(13)14(18)19-15(2,3)4/h12-13H,5-11H2,1-4H3. The molecule has 2 fully saturated rings. The lowest BCUT2D eigenvalue weighted by Gasteiger charge is -2.30. The predicted octanol–water partition coefficient (Wildman–Crippen LogP) is 2.73. The highest BCUT2D eigenvalue weighted by Crippen LogP contribution is 2.24. The third kappa shape index (κ3) is 4.10. The molecule has 110 valence electrons. The van der Waals surface area contributed by atoms with Gasteiger partial charge in [-0.2, -0.15) is 0 Å². The minimum atomic E-state index is -0.396.